The lowest BCUT2D eigenvalue weighted by Crippen LogP contribution is -2.44. The van der Waals surface area contributed by atoms with Gasteiger partial charge in [0.25, 0.3) is 0 Å². The van der Waals surface area contributed by atoms with Crippen LogP contribution in [-0.4, -0.2) is 55.7 Å². The van der Waals surface area contributed by atoms with E-state index in [-0.39, 0.29) is 6.61 Å². The van der Waals surface area contributed by atoms with E-state index in [2.05, 4.69) is 0 Å². The number of likely N-dealkylation sites (N-methyl/N-ethyl adjacent to an activating group) is 1. The van der Waals surface area contributed by atoms with Gasteiger partial charge in [0.05, 0.1) is 11.4 Å². The number of nitrogens with zero attached hydrogens (tertiary/aromatic N) is 1. The Morgan fingerprint density at radius 2 is 1.86 bits per heavy atom. The summed E-state index contributed by atoms with van der Waals surface area (Å²) in [7, 11) is -3.05. The predicted molar refractivity (Wildman–Crippen MR) is 58.1 cm³/mol. The van der Waals surface area contributed by atoms with E-state index < -0.39 is 14.6 Å². The fourth-order valence-electron chi connectivity index (χ4n) is 1.15. The summed E-state index contributed by atoms with van der Waals surface area (Å²) in [5.41, 5.74) is 0. The van der Waals surface area contributed by atoms with Crippen LogP contribution in [0, 0.1) is 0 Å². The molecule has 0 amide bonds. The molecule has 0 aliphatic heterocycles. The van der Waals surface area contributed by atoms with E-state index in [4.69, 9.17) is 5.11 Å². The molecule has 14 heavy (non-hydrogen) atoms. The highest BCUT2D eigenvalue weighted by Crippen LogP contribution is 2.16. The first-order valence-corrected chi connectivity index (χ1v) is 6.66. The average Bonchev–Trinajstić information content (AvgIpc) is 2.01. The second-order valence-electron chi connectivity index (χ2n) is 4.12. The molecule has 86 valence electrons. The third-order valence-corrected chi connectivity index (χ3v) is 4.61. The van der Waals surface area contributed by atoms with Gasteiger partial charge in [0.2, 0.25) is 0 Å². The molecule has 0 saturated carbocycles. The van der Waals surface area contributed by atoms with Crippen LogP contribution in [0.25, 0.3) is 0 Å². The van der Waals surface area contributed by atoms with Crippen molar-refractivity contribution < 1.29 is 13.5 Å². The molecule has 0 saturated heterocycles. The Kier molecular flexibility index (Phi) is 5.05. The molecule has 0 aliphatic rings. The fourth-order valence-corrected chi connectivity index (χ4v) is 1.56. The van der Waals surface area contributed by atoms with Crippen molar-refractivity contribution in [2.45, 2.75) is 25.5 Å². The molecule has 0 aliphatic carbocycles. The summed E-state index contributed by atoms with van der Waals surface area (Å²) < 4.78 is 22.1. The molecule has 0 aromatic heterocycles. The molecule has 1 N–H and O–H groups in total. The maximum atomic E-state index is 11.4. The summed E-state index contributed by atoms with van der Waals surface area (Å²) in [5.74, 6) is 0. The Morgan fingerprint density at radius 1 is 1.36 bits per heavy atom. The minimum absolute atomic E-state index is 0.0632. The summed E-state index contributed by atoms with van der Waals surface area (Å²) in [5, 5.41) is 8.78. The highest BCUT2D eigenvalue weighted by atomic mass is 32.2. The van der Waals surface area contributed by atoms with Crippen molar-refractivity contribution in [1.29, 1.82) is 0 Å². The molecule has 0 spiro atoms. The number of hydrogen-bond donors (Lipinski definition) is 1. The first-order valence-electron chi connectivity index (χ1n) is 4.77. The minimum atomic E-state index is -3.05. The van der Waals surface area contributed by atoms with Crippen LogP contribution < -0.4 is 0 Å². The van der Waals surface area contributed by atoms with Crippen LogP contribution in [0.2, 0.25) is 0 Å². The second kappa shape index (κ2) is 5.09. The van der Waals surface area contributed by atoms with E-state index in [0.717, 1.165) is 6.54 Å². The molecular formula is C9H21NO3S. The summed E-state index contributed by atoms with van der Waals surface area (Å²) in [4.78, 5) is 1.93. The number of sulfone groups is 1. The van der Waals surface area contributed by atoms with Gasteiger partial charge in [-0.1, -0.05) is 6.92 Å². The van der Waals surface area contributed by atoms with Crippen LogP contribution >= 0.6 is 0 Å². The predicted octanol–water partition coefficient (Wildman–Crippen LogP) is 0.124. The standard InChI is InChI=1S/C9H21NO3S/c1-5-10(6-7-11)8-9(2,3)14(4,12)13/h11H,5-8H2,1-4H3. The Morgan fingerprint density at radius 3 is 2.14 bits per heavy atom. The van der Waals surface area contributed by atoms with Crippen LogP contribution in [0.3, 0.4) is 0 Å². The number of rotatable bonds is 6. The van der Waals surface area contributed by atoms with Gasteiger partial charge in [-0.25, -0.2) is 8.42 Å². The van der Waals surface area contributed by atoms with E-state index in [0.29, 0.717) is 13.1 Å². The Balaban J connectivity index is 4.48. The van der Waals surface area contributed by atoms with Crippen LogP contribution in [0.4, 0.5) is 0 Å². The van der Waals surface area contributed by atoms with Gasteiger partial charge in [-0.05, 0) is 20.4 Å². The minimum Gasteiger partial charge on any atom is -0.395 e. The summed E-state index contributed by atoms with van der Waals surface area (Å²) in [6.45, 7) is 7.17. The largest absolute Gasteiger partial charge is 0.395 e. The summed E-state index contributed by atoms with van der Waals surface area (Å²) in [6.07, 6.45) is 1.25. The SMILES string of the molecule is CCN(CCO)CC(C)(C)S(C)(=O)=O. The highest BCUT2D eigenvalue weighted by Gasteiger charge is 2.31. The lowest BCUT2D eigenvalue weighted by Gasteiger charge is -2.30. The van der Waals surface area contributed by atoms with Gasteiger partial charge in [0.1, 0.15) is 0 Å². The molecule has 5 heteroatoms. The molecule has 0 atom stereocenters. The monoisotopic (exact) mass is 223 g/mol. The lowest BCUT2D eigenvalue weighted by molar-refractivity contribution is 0.192. The first-order chi connectivity index (χ1) is 6.24. The first kappa shape index (κ1) is 13.9. The van der Waals surface area contributed by atoms with Gasteiger partial charge in [-0.3, -0.25) is 4.90 Å². The van der Waals surface area contributed by atoms with Crippen molar-refractivity contribution in [1.82, 2.24) is 4.90 Å². The van der Waals surface area contributed by atoms with Gasteiger partial charge >= 0.3 is 0 Å². The van der Waals surface area contributed by atoms with Crippen LogP contribution in [-0.2, 0) is 9.84 Å². The molecule has 0 fully saturated rings. The average molecular weight is 223 g/mol. The van der Waals surface area contributed by atoms with E-state index >= 15 is 0 Å². The highest BCUT2D eigenvalue weighted by molar-refractivity contribution is 7.92. The van der Waals surface area contributed by atoms with Crippen LogP contribution in [0.15, 0.2) is 0 Å². The zero-order valence-corrected chi connectivity index (χ0v) is 10.3. The smallest absolute Gasteiger partial charge is 0.153 e. The van der Waals surface area contributed by atoms with Gasteiger partial charge in [-0.15, -0.1) is 0 Å². The van der Waals surface area contributed by atoms with Crippen molar-refractivity contribution in [3.63, 3.8) is 0 Å². The topological polar surface area (TPSA) is 57.6 Å². The van der Waals surface area contributed by atoms with E-state index in [1.807, 2.05) is 11.8 Å². The molecule has 0 unspecified atom stereocenters. The Labute approximate surface area is 86.8 Å². The summed E-state index contributed by atoms with van der Waals surface area (Å²) >= 11 is 0. The third-order valence-electron chi connectivity index (χ3n) is 2.47. The second-order valence-corrected chi connectivity index (χ2v) is 6.77. The fraction of sp³-hybridized carbons (Fsp3) is 1.00. The van der Waals surface area contributed by atoms with Gasteiger partial charge in [0, 0.05) is 19.3 Å². The molecule has 0 rings (SSSR count). The number of aliphatic hydroxyl groups is 1. The quantitative estimate of drug-likeness (QED) is 0.695. The molecule has 0 heterocycles. The maximum Gasteiger partial charge on any atom is 0.153 e. The van der Waals surface area contributed by atoms with Crippen molar-refractivity contribution in [3.8, 4) is 0 Å². The number of hydrogen-bond acceptors (Lipinski definition) is 4. The Hall–Kier alpha value is -0.130. The zero-order valence-electron chi connectivity index (χ0n) is 9.45. The van der Waals surface area contributed by atoms with E-state index in [1.54, 1.807) is 13.8 Å². The maximum absolute atomic E-state index is 11.4. The molecule has 4 nitrogen and oxygen atoms in total. The Bertz CT molecular complexity index is 259. The molecule has 0 bridgehead atoms. The van der Waals surface area contributed by atoms with E-state index in [9.17, 15) is 8.42 Å². The normalized spacial score (nSPS) is 13.6. The van der Waals surface area contributed by atoms with Gasteiger partial charge < -0.3 is 5.11 Å². The number of aliphatic hydroxyl groups excluding tert-OH is 1. The van der Waals surface area contributed by atoms with E-state index in [1.165, 1.54) is 6.26 Å². The van der Waals surface area contributed by atoms with Gasteiger partial charge in [-0.2, -0.15) is 0 Å². The van der Waals surface area contributed by atoms with Crippen molar-refractivity contribution in [2.75, 3.05) is 32.5 Å². The third kappa shape index (κ3) is 3.94. The summed E-state index contributed by atoms with van der Waals surface area (Å²) in [6, 6.07) is 0. The van der Waals surface area contributed by atoms with Crippen molar-refractivity contribution in [3.05, 3.63) is 0 Å². The zero-order chi connectivity index (χ0) is 11.4. The molecule has 0 aromatic carbocycles. The molecular weight excluding hydrogens is 202 g/mol. The molecule has 0 radical (unpaired) electrons. The van der Waals surface area contributed by atoms with Crippen molar-refractivity contribution >= 4 is 9.84 Å². The lowest BCUT2D eigenvalue weighted by atomic mass is 10.2. The molecule has 0 aromatic rings. The van der Waals surface area contributed by atoms with Crippen LogP contribution in [0.1, 0.15) is 20.8 Å². The van der Waals surface area contributed by atoms with Crippen LogP contribution in [0.5, 0.6) is 0 Å². The van der Waals surface area contributed by atoms with Crippen molar-refractivity contribution in [2.24, 2.45) is 0 Å². The van der Waals surface area contributed by atoms with Gasteiger partial charge in [0.15, 0.2) is 9.84 Å².